The molecule has 0 aliphatic carbocycles. The molecule has 0 aromatic carbocycles. The van der Waals surface area contributed by atoms with Gasteiger partial charge in [0.25, 0.3) is 0 Å². The molecule has 8 nitrogen and oxygen atoms in total. The number of nitrogens with zero attached hydrogens (tertiary/aromatic N) is 5. The summed E-state index contributed by atoms with van der Waals surface area (Å²) in [5.41, 5.74) is 3.90. The highest BCUT2D eigenvalue weighted by Crippen LogP contribution is 2.26. The SMILES string of the molecule is Cc1cc(-c2cc3ccnc(NCc4ccc(N5CCS(=O)(=O)CC5)nc4)c3cn2)ccn1. The molecular weight excluding hydrogens is 436 g/mol. The van der Waals surface area contributed by atoms with Gasteiger partial charge in [0.05, 0.1) is 17.2 Å². The molecule has 9 heteroatoms. The second-order valence-electron chi connectivity index (χ2n) is 8.15. The van der Waals surface area contributed by atoms with Gasteiger partial charge in [-0.25, -0.2) is 18.4 Å². The number of hydrogen-bond acceptors (Lipinski definition) is 8. The molecule has 1 aliphatic rings. The third kappa shape index (κ3) is 4.78. The van der Waals surface area contributed by atoms with Crippen molar-refractivity contribution in [3.8, 4) is 11.3 Å². The van der Waals surface area contributed by atoms with E-state index >= 15 is 0 Å². The van der Waals surface area contributed by atoms with Crippen LogP contribution in [-0.4, -0.2) is 52.9 Å². The highest BCUT2D eigenvalue weighted by atomic mass is 32.2. The van der Waals surface area contributed by atoms with E-state index in [1.54, 1.807) is 12.4 Å². The number of anilines is 2. The van der Waals surface area contributed by atoms with E-state index in [-0.39, 0.29) is 11.5 Å². The zero-order valence-electron chi connectivity index (χ0n) is 18.3. The number of hydrogen-bond donors (Lipinski definition) is 1. The number of aryl methyl sites for hydroxylation is 1. The van der Waals surface area contributed by atoms with Crippen molar-refractivity contribution in [2.75, 3.05) is 34.8 Å². The second kappa shape index (κ2) is 8.74. The van der Waals surface area contributed by atoms with Crippen molar-refractivity contribution in [2.45, 2.75) is 13.5 Å². The zero-order chi connectivity index (χ0) is 22.8. The molecule has 0 spiro atoms. The number of sulfone groups is 1. The predicted molar refractivity (Wildman–Crippen MR) is 130 cm³/mol. The molecule has 0 saturated carbocycles. The van der Waals surface area contributed by atoms with Crippen LogP contribution in [-0.2, 0) is 16.4 Å². The van der Waals surface area contributed by atoms with E-state index < -0.39 is 9.84 Å². The van der Waals surface area contributed by atoms with Gasteiger partial charge in [0.2, 0.25) is 0 Å². The third-order valence-electron chi connectivity index (χ3n) is 5.78. The van der Waals surface area contributed by atoms with Crippen LogP contribution in [0.25, 0.3) is 22.0 Å². The second-order valence-corrected chi connectivity index (χ2v) is 10.5. The van der Waals surface area contributed by atoms with Crippen molar-refractivity contribution in [2.24, 2.45) is 0 Å². The Kier molecular flexibility index (Phi) is 5.63. The quantitative estimate of drug-likeness (QED) is 0.484. The molecule has 4 aromatic heterocycles. The molecule has 33 heavy (non-hydrogen) atoms. The van der Waals surface area contributed by atoms with Crippen LogP contribution in [0, 0.1) is 6.92 Å². The Balaban J connectivity index is 1.29. The van der Waals surface area contributed by atoms with E-state index in [0.717, 1.165) is 44.9 Å². The molecule has 5 rings (SSSR count). The van der Waals surface area contributed by atoms with Crippen LogP contribution in [0.2, 0.25) is 0 Å². The minimum atomic E-state index is -2.90. The smallest absolute Gasteiger partial charge is 0.153 e. The van der Waals surface area contributed by atoms with Gasteiger partial charge in [0.15, 0.2) is 9.84 Å². The van der Waals surface area contributed by atoms with Gasteiger partial charge in [-0.05, 0) is 48.2 Å². The normalized spacial score (nSPS) is 15.5. The van der Waals surface area contributed by atoms with Crippen molar-refractivity contribution < 1.29 is 8.42 Å². The number of aromatic nitrogens is 4. The fourth-order valence-corrected chi connectivity index (χ4v) is 5.11. The lowest BCUT2D eigenvalue weighted by Crippen LogP contribution is -2.40. The minimum absolute atomic E-state index is 0.182. The molecule has 0 atom stereocenters. The summed E-state index contributed by atoms with van der Waals surface area (Å²) in [6, 6.07) is 12.0. The summed E-state index contributed by atoms with van der Waals surface area (Å²) in [5, 5.41) is 5.39. The molecule has 1 aliphatic heterocycles. The van der Waals surface area contributed by atoms with Crippen molar-refractivity contribution in [3.63, 3.8) is 0 Å². The molecule has 1 saturated heterocycles. The van der Waals surface area contributed by atoms with Crippen molar-refractivity contribution in [1.29, 1.82) is 0 Å². The summed E-state index contributed by atoms with van der Waals surface area (Å²) >= 11 is 0. The number of nitrogens with one attached hydrogen (secondary N) is 1. The Morgan fingerprint density at radius 2 is 1.76 bits per heavy atom. The Morgan fingerprint density at radius 3 is 2.52 bits per heavy atom. The van der Waals surface area contributed by atoms with Gasteiger partial charge in [-0.1, -0.05) is 6.07 Å². The monoisotopic (exact) mass is 460 g/mol. The minimum Gasteiger partial charge on any atom is -0.365 e. The third-order valence-corrected chi connectivity index (χ3v) is 7.39. The molecule has 0 amide bonds. The topological polar surface area (TPSA) is 101 Å². The van der Waals surface area contributed by atoms with Gasteiger partial charge in [0, 0.05) is 61.1 Å². The van der Waals surface area contributed by atoms with E-state index in [2.05, 4.69) is 31.3 Å². The average molecular weight is 461 g/mol. The maximum Gasteiger partial charge on any atom is 0.153 e. The van der Waals surface area contributed by atoms with Gasteiger partial charge >= 0.3 is 0 Å². The van der Waals surface area contributed by atoms with Gasteiger partial charge in [-0.2, -0.15) is 0 Å². The van der Waals surface area contributed by atoms with Gasteiger partial charge in [-0.15, -0.1) is 0 Å². The van der Waals surface area contributed by atoms with E-state index in [9.17, 15) is 8.42 Å². The van der Waals surface area contributed by atoms with Crippen molar-refractivity contribution in [1.82, 2.24) is 19.9 Å². The number of fused-ring (bicyclic) bond motifs is 1. The highest BCUT2D eigenvalue weighted by Gasteiger charge is 2.22. The average Bonchev–Trinajstić information content (AvgIpc) is 2.83. The van der Waals surface area contributed by atoms with Crippen molar-refractivity contribution >= 4 is 32.2 Å². The Bertz CT molecular complexity index is 1390. The zero-order valence-corrected chi connectivity index (χ0v) is 19.1. The van der Waals surface area contributed by atoms with Crippen LogP contribution in [0.1, 0.15) is 11.3 Å². The lowest BCUT2D eigenvalue weighted by Gasteiger charge is -2.27. The Hall–Kier alpha value is -3.59. The lowest BCUT2D eigenvalue weighted by molar-refractivity contribution is 0.586. The fourth-order valence-electron chi connectivity index (χ4n) is 3.91. The fraction of sp³-hybridized carbons (Fsp3) is 0.250. The standard InChI is InChI=1S/C24H24N6O2S/c1-17-12-20(5-6-25-17)22-13-19-4-7-26-24(21(19)16-27-22)29-15-18-2-3-23(28-14-18)30-8-10-33(31,32)11-9-30/h2-7,12-14,16H,8-11,15H2,1H3,(H,26,29). The molecule has 0 bridgehead atoms. The summed E-state index contributed by atoms with van der Waals surface area (Å²) in [6.45, 7) is 3.51. The summed E-state index contributed by atoms with van der Waals surface area (Å²) in [7, 11) is -2.90. The maximum atomic E-state index is 11.6. The van der Waals surface area contributed by atoms with E-state index in [4.69, 9.17) is 0 Å². The van der Waals surface area contributed by atoms with E-state index in [1.807, 2.05) is 54.5 Å². The maximum absolute atomic E-state index is 11.6. The van der Waals surface area contributed by atoms with Crippen LogP contribution < -0.4 is 10.2 Å². The Labute approximate surface area is 192 Å². The molecule has 0 unspecified atom stereocenters. The predicted octanol–water partition coefficient (Wildman–Crippen LogP) is 3.24. The molecule has 4 aromatic rings. The van der Waals surface area contributed by atoms with Gasteiger partial charge in [-0.3, -0.25) is 9.97 Å². The Morgan fingerprint density at radius 1 is 0.939 bits per heavy atom. The first-order valence-electron chi connectivity index (χ1n) is 10.8. The molecular formula is C24H24N6O2S. The van der Waals surface area contributed by atoms with Crippen LogP contribution in [0.5, 0.6) is 0 Å². The van der Waals surface area contributed by atoms with Crippen LogP contribution in [0.4, 0.5) is 11.6 Å². The van der Waals surface area contributed by atoms with Crippen molar-refractivity contribution in [3.05, 3.63) is 72.4 Å². The summed E-state index contributed by atoms with van der Waals surface area (Å²) < 4.78 is 23.3. The first-order chi connectivity index (χ1) is 16.0. The summed E-state index contributed by atoms with van der Waals surface area (Å²) in [6.07, 6.45) is 7.25. The summed E-state index contributed by atoms with van der Waals surface area (Å²) in [4.78, 5) is 19.9. The van der Waals surface area contributed by atoms with Crippen LogP contribution >= 0.6 is 0 Å². The number of rotatable bonds is 5. The van der Waals surface area contributed by atoms with Gasteiger partial charge in [0.1, 0.15) is 11.6 Å². The summed E-state index contributed by atoms with van der Waals surface area (Å²) in [5.74, 6) is 1.94. The van der Waals surface area contributed by atoms with Crippen LogP contribution in [0.3, 0.4) is 0 Å². The van der Waals surface area contributed by atoms with E-state index in [0.29, 0.717) is 19.6 Å². The lowest BCUT2D eigenvalue weighted by atomic mass is 10.1. The largest absolute Gasteiger partial charge is 0.365 e. The molecule has 1 fully saturated rings. The molecule has 168 valence electrons. The van der Waals surface area contributed by atoms with Gasteiger partial charge < -0.3 is 10.2 Å². The first-order valence-corrected chi connectivity index (χ1v) is 12.6. The van der Waals surface area contributed by atoms with E-state index in [1.165, 1.54) is 0 Å². The first kappa shape index (κ1) is 21.3. The molecule has 1 N–H and O–H groups in total. The van der Waals surface area contributed by atoms with Crippen LogP contribution in [0.15, 0.2) is 61.2 Å². The highest BCUT2D eigenvalue weighted by molar-refractivity contribution is 7.91. The molecule has 5 heterocycles. The number of pyridine rings is 4. The molecule has 0 radical (unpaired) electrons.